The van der Waals surface area contributed by atoms with Gasteiger partial charge in [-0.05, 0) is 23.3 Å². The third-order valence-electron chi connectivity index (χ3n) is 3.37. The number of ether oxygens (including phenoxy) is 3. The van der Waals surface area contributed by atoms with Gasteiger partial charge in [-0.3, -0.25) is 0 Å². The van der Waals surface area contributed by atoms with Gasteiger partial charge in [-0.2, -0.15) is 0 Å². The van der Waals surface area contributed by atoms with E-state index >= 15 is 0 Å². The van der Waals surface area contributed by atoms with Gasteiger partial charge >= 0.3 is 5.97 Å². The molecular weight excluding hydrogens is 284 g/mol. The largest absolute Gasteiger partial charge is 0.507 e. The minimum atomic E-state index is -0.593. The van der Waals surface area contributed by atoms with E-state index in [1.807, 2.05) is 24.3 Å². The highest BCUT2D eigenvalue weighted by Crippen LogP contribution is 2.31. The monoisotopic (exact) mass is 302 g/mol. The Kier molecular flexibility index (Phi) is 4.88. The number of para-hydroxylation sites is 1. The molecule has 22 heavy (non-hydrogen) atoms. The van der Waals surface area contributed by atoms with Gasteiger partial charge in [0.15, 0.2) is 0 Å². The molecule has 0 spiro atoms. The van der Waals surface area contributed by atoms with Crippen molar-refractivity contribution in [1.29, 1.82) is 0 Å². The molecule has 0 saturated carbocycles. The van der Waals surface area contributed by atoms with E-state index in [-0.39, 0.29) is 11.3 Å². The van der Waals surface area contributed by atoms with Crippen molar-refractivity contribution in [3.8, 4) is 17.2 Å². The van der Waals surface area contributed by atoms with Crippen molar-refractivity contribution in [2.75, 3.05) is 21.3 Å². The Morgan fingerprint density at radius 2 is 1.77 bits per heavy atom. The average molecular weight is 302 g/mol. The fourth-order valence-corrected chi connectivity index (χ4v) is 2.31. The van der Waals surface area contributed by atoms with Crippen LogP contribution in [0, 0.1) is 0 Å². The lowest BCUT2D eigenvalue weighted by Crippen LogP contribution is -2.08. The third kappa shape index (κ3) is 3.14. The number of hydrogen-bond donors (Lipinski definition) is 1. The molecule has 0 heterocycles. The third-order valence-corrected chi connectivity index (χ3v) is 3.37. The Morgan fingerprint density at radius 1 is 1.05 bits per heavy atom. The van der Waals surface area contributed by atoms with Crippen molar-refractivity contribution >= 4 is 5.97 Å². The smallest absolute Gasteiger partial charge is 0.341 e. The summed E-state index contributed by atoms with van der Waals surface area (Å²) in [7, 11) is 4.36. The molecule has 1 N–H and O–H groups in total. The van der Waals surface area contributed by atoms with Crippen molar-refractivity contribution in [3.63, 3.8) is 0 Å². The molecule has 5 nitrogen and oxygen atoms in total. The van der Waals surface area contributed by atoms with Crippen molar-refractivity contribution in [3.05, 3.63) is 53.1 Å². The number of rotatable bonds is 5. The second kappa shape index (κ2) is 6.85. The molecule has 2 aromatic carbocycles. The minimum absolute atomic E-state index is 0.134. The van der Waals surface area contributed by atoms with Gasteiger partial charge in [-0.1, -0.05) is 18.2 Å². The maximum atomic E-state index is 11.9. The summed E-state index contributed by atoms with van der Waals surface area (Å²) in [6, 6.07) is 10.6. The van der Waals surface area contributed by atoms with Gasteiger partial charge in [0.05, 0.1) is 21.3 Å². The Morgan fingerprint density at radius 3 is 2.41 bits per heavy atom. The molecule has 0 bridgehead atoms. The lowest BCUT2D eigenvalue weighted by molar-refractivity contribution is 0.0596. The Balaban J connectivity index is 2.52. The van der Waals surface area contributed by atoms with E-state index < -0.39 is 5.97 Å². The molecule has 0 atom stereocenters. The second-order valence-electron chi connectivity index (χ2n) is 4.66. The highest BCUT2D eigenvalue weighted by Gasteiger charge is 2.20. The van der Waals surface area contributed by atoms with Crippen LogP contribution in [0.15, 0.2) is 36.4 Å². The molecule has 0 aliphatic rings. The number of hydrogen-bond acceptors (Lipinski definition) is 5. The Bertz CT molecular complexity index is 679. The predicted molar refractivity (Wildman–Crippen MR) is 81.8 cm³/mol. The van der Waals surface area contributed by atoms with E-state index in [0.29, 0.717) is 23.5 Å². The average Bonchev–Trinajstić information content (AvgIpc) is 2.54. The summed E-state index contributed by atoms with van der Waals surface area (Å²) in [4.78, 5) is 11.9. The van der Waals surface area contributed by atoms with E-state index in [1.54, 1.807) is 13.2 Å². The number of aromatic hydroxyl groups is 1. The van der Waals surface area contributed by atoms with Gasteiger partial charge in [-0.15, -0.1) is 0 Å². The first-order valence-electron chi connectivity index (χ1n) is 6.70. The minimum Gasteiger partial charge on any atom is -0.507 e. The van der Waals surface area contributed by atoms with Gasteiger partial charge in [0.2, 0.25) is 0 Å². The maximum absolute atomic E-state index is 11.9. The van der Waals surface area contributed by atoms with E-state index in [9.17, 15) is 9.90 Å². The molecule has 2 rings (SSSR count). The topological polar surface area (TPSA) is 65.0 Å². The SMILES string of the molecule is COC(=O)c1c(O)cc(OC)cc1Cc1ccccc1OC. The van der Waals surface area contributed by atoms with Crippen LogP contribution < -0.4 is 9.47 Å². The van der Waals surface area contributed by atoms with Crippen LogP contribution in [0.5, 0.6) is 17.2 Å². The molecule has 0 radical (unpaired) electrons. The lowest BCUT2D eigenvalue weighted by atomic mass is 9.98. The van der Waals surface area contributed by atoms with Gasteiger partial charge in [0.25, 0.3) is 0 Å². The molecule has 116 valence electrons. The van der Waals surface area contributed by atoms with Crippen molar-refractivity contribution in [2.45, 2.75) is 6.42 Å². The highest BCUT2D eigenvalue weighted by atomic mass is 16.5. The second-order valence-corrected chi connectivity index (χ2v) is 4.66. The van der Waals surface area contributed by atoms with E-state index in [1.165, 1.54) is 20.3 Å². The number of carbonyl (C=O) groups excluding carboxylic acids is 1. The number of benzene rings is 2. The molecule has 5 heteroatoms. The summed E-state index contributed by atoms with van der Waals surface area (Å²) < 4.78 is 15.2. The summed E-state index contributed by atoms with van der Waals surface area (Å²) in [6.45, 7) is 0. The van der Waals surface area contributed by atoms with Crippen molar-refractivity contribution in [2.24, 2.45) is 0 Å². The van der Waals surface area contributed by atoms with Crippen LogP contribution in [-0.4, -0.2) is 32.4 Å². The normalized spacial score (nSPS) is 10.1. The standard InChI is InChI=1S/C17H18O5/c1-20-13-9-12(16(14(18)10-13)17(19)22-3)8-11-6-4-5-7-15(11)21-2/h4-7,9-10,18H,8H2,1-3H3. The summed E-state index contributed by atoms with van der Waals surface area (Å²) in [5.41, 5.74) is 1.63. The van der Waals surface area contributed by atoms with Gasteiger partial charge < -0.3 is 19.3 Å². The molecule has 0 aliphatic carbocycles. The van der Waals surface area contributed by atoms with Crippen LogP contribution in [0.4, 0.5) is 0 Å². The number of esters is 1. The Hall–Kier alpha value is -2.69. The first kappa shape index (κ1) is 15.7. The first-order valence-corrected chi connectivity index (χ1v) is 6.70. The number of phenols is 1. The van der Waals surface area contributed by atoms with Crippen LogP contribution in [-0.2, 0) is 11.2 Å². The zero-order valence-electron chi connectivity index (χ0n) is 12.8. The molecule has 0 aromatic heterocycles. The molecule has 0 saturated heterocycles. The Labute approximate surface area is 129 Å². The summed E-state index contributed by atoms with van der Waals surface area (Å²) in [6.07, 6.45) is 0.402. The van der Waals surface area contributed by atoms with Crippen molar-refractivity contribution < 1.29 is 24.1 Å². The first-order chi connectivity index (χ1) is 10.6. The lowest BCUT2D eigenvalue weighted by Gasteiger charge is -2.14. The molecule has 2 aromatic rings. The quantitative estimate of drug-likeness (QED) is 0.860. The maximum Gasteiger partial charge on any atom is 0.341 e. The fraction of sp³-hybridized carbons (Fsp3) is 0.235. The van der Waals surface area contributed by atoms with Crippen LogP contribution in [0.2, 0.25) is 0 Å². The van der Waals surface area contributed by atoms with Gasteiger partial charge in [-0.25, -0.2) is 4.79 Å². The van der Waals surface area contributed by atoms with Crippen molar-refractivity contribution in [1.82, 2.24) is 0 Å². The van der Waals surface area contributed by atoms with E-state index in [0.717, 1.165) is 5.56 Å². The molecule has 0 aliphatic heterocycles. The zero-order valence-corrected chi connectivity index (χ0v) is 12.8. The summed E-state index contributed by atoms with van der Waals surface area (Å²) >= 11 is 0. The van der Waals surface area contributed by atoms with Gasteiger partial charge in [0.1, 0.15) is 22.8 Å². The fourth-order valence-electron chi connectivity index (χ4n) is 2.31. The van der Waals surface area contributed by atoms with Crippen LogP contribution >= 0.6 is 0 Å². The molecular formula is C17H18O5. The van der Waals surface area contributed by atoms with E-state index in [4.69, 9.17) is 14.2 Å². The van der Waals surface area contributed by atoms with Gasteiger partial charge in [0, 0.05) is 12.5 Å². The predicted octanol–water partition coefficient (Wildman–Crippen LogP) is 2.79. The zero-order chi connectivity index (χ0) is 16.1. The number of phenolic OH excluding ortho intramolecular Hbond substituents is 1. The number of methoxy groups -OCH3 is 3. The summed E-state index contributed by atoms with van der Waals surface area (Å²) in [5, 5.41) is 10.1. The summed E-state index contributed by atoms with van der Waals surface area (Å²) in [5.74, 6) is 0.414. The number of carbonyl (C=O) groups is 1. The van der Waals surface area contributed by atoms with Crippen LogP contribution in [0.3, 0.4) is 0 Å². The van der Waals surface area contributed by atoms with Crippen LogP contribution in [0.1, 0.15) is 21.5 Å². The van der Waals surface area contributed by atoms with E-state index in [2.05, 4.69) is 0 Å². The highest BCUT2D eigenvalue weighted by molar-refractivity contribution is 5.94. The molecule has 0 fully saturated rings. The molecule has 0 unspecified atom stereocenters. The van der Waals surface area contributed by atoms with Crippen LogP contribution in [0.25, 0.3) is 0 Å². The molecule has 0 amide bonds.